The molecule has 94 valence electrons. The third kappa shape index (κ3) is 3.46. The number of likely N-dealkylation sites (tertiary alicyclic amines) is 1. The number of hydrogen-bond donors (Lipinski definition) is 1. The quantitative estimate of drug-likeness (QED) is 0.744. The van der Waals surface area contributed by atoms with E-state index in [1.54, 1.807) is 0 Å². The first kappa shape index (κ1) is 13.5. The summed E-state index contributed by atoms with van der Waals surface area (Å²) in [7, 11) is 2.14. The number of amides is 1. The topological polar surface area (TPSA) is 35.6 Å². The third-order valence-corrected chi connectivity index (χ3v) is 3.54. The molecule has 2 unspecified atom stereocenters. The van der Waals surface area contributed by atoms with Gasteiger partial charge in [-0.05, 0) is 34.2 Å². The fraction of sp³-hybridized carbons (Fsp3) is 0.917. The van der Waals surface area contributed by atoms with Crippen molar-refractivity contribution >= 4 is 5.91 Å². The van der Waals surface area contributed by atoms with E-state index in [1.807, 2.05) is 18.7 Å². The Morgan fingerprint density at radius 3 is 2.50 bits per heavy atom. The zero-order chi connectivity index (χ0) is 12.1. The first-order chi connectivity index (χ1) is 7.58. The van der Waals surface area contributed by atoms with E-state index in [9.17, 15) is 4.79 Å². The minimum absolute atomic E-state index is 0.215. The van der Waals surface area contributed by atoms with E-state index >= 15 is 0 Å². The van der Waals surface area contributed by atoms with E-state index in [4.69, 9.17) is 0 Å². The Balaban J connectivity index is 2.27. The molecule has 0 aromatic carbocycles. The third-order valence-electron chi connectivity index (χ3n) is 3.54. The summed E-state index contributed by atoms with van der Waals surface area (Å²) in [5.74, 6) is 0.215. The normalized spacial score (nSPS) is 26.0. The second-order valence-electron chi connectivity index (χ2n) is 4.67. The molecule has 1 heterocycles. The number of nitrogens with zero attached hydrogens (tertiary/aromatic N) is 2. The molecule has 0 saturated carbocycles. The maximum atomic E-state index is 11.8. The van der Waals surface area contributed by atoms with E-state index in [2.05, 4.69) is 24.2 Å². The zero-order valence-electron chi connectivity index (χ0n) is 11.0. The Morgan fingerprint density at radius 1 is 1.44 bits per heavy atom. The van der Waals surface area contributed by atoms with Crippen LogP contribution in [0.1, 0.15) is 27.2 Å². The Labute approximate surface area is 99.0 Å². The summed E-state index contributed by atoms with van der Waals surface area (Å²) in [4.78, 5) is 16.0. The van der Waals surface area contributed by atoms with Crippen LogP contribution < -0.4 is 5.32 Å². The highest BCUT2D eigenvalue weighted by Gasteiger charge is 2.26. The van der Waals surface area contributed by atoms with Gasteiger partial charge >= 0.3 is 0 Å². The van der Waals surface area contributed by atoms with Crippen LogP contribution in [-0.2, 0) is 4.79 Å². The summed E-state index contributed by atoms with van der Waals surface area (Å²) >= 11 is 0. The van der Waals surface area contributed by atoms with Gasteiger partial charge < -0.3 is 15.1 Å². The van der Waals surface area contributed by atoms with E-state index in [0.29, 0.717) is 18.6 Å². The predicted molar refractivity (Wildman–Crippen MR) is 66.4 cm³/mol. The standard InChI is InChI=1S/C12H25N3O/c1-5-15(6-2)12(16)8-13-11-7-10(3)14(4)9-11/h10-11,13H,5-9H2,1-4H3. The molecule has 0 bridgehead atoms. The molecule has 0 aromatic rings. The second-order valence-corrected chi connectivity index (χ2v) is 4.67. The molecule has 1 fully saturated rings. The van der Waals surface area contributed by atoms with Gasteiger partial charge in [0.25, 0.3) is 0 Å². The molecule has 1 aliphatic heterocycles. The largest absolute Gasteiger partial charge is 0.342 e. The van der Waals surface area contributed by atoms with E-state index < -0.39 is 0 Å². The first-order valence-corrected chi connectivity index (χ1v) is 6.29. The SMILES string of the molecule is CCN(CC)C(=O)CNC1CC(C)N(C)C1. The van der Waals surface area contributed by atoms with Gasteiger partial charge in [0.2, 0.25) is 5.91 Å². The van der Waals surface area contributed by atoms with Crippen LogP contribution in [0.4, 0.5) is 0 Å². The Hall–Kier alpha value is -0.610. The summed E-state index contributed by atoms with van der Waals surface area (Å²) in [6.45, 7) is 9.41. The van der Waals surface area contributed by atoms with Crippen LogP contribution in [-0.4, -0.2) is 61.0 Å². The summed E-state index contributed by atoms with van der Waals surface area (Å²) in [6.07, 6.45) is 1.14. The highest BCUT2D eigenvalue weighted by atomic mass is 16.2. The van der Waals surface area contributed by atoms with Crippen LogP contribution in [0.3, 0.4) is 0 Å². The lowest BCUT2D eigenvalue weighted by Crippen LogP contribution is -2.42. The number of carbonyl (C=O) groups excluding carboxylic acids is 1. The molecule has 0 aliphatic carbocycles. The van der Waals surface area contributed by atoms with Crippen LogP contribution in [0.2, 0.25) is 0 Å². The minimum atomic E-state index is 0.215. The van der Waals surface area contributed by atoms with Crippen LogP contribution in [0.25, 0.3) is 0 Å². The summed E-state index contributed by atoms with van der Waals surface area (Å²) in [5.41, 5.74) is 0. The summed E-state index contributed by atoms with van der Waals surface area (Å²) in [6, 6.07) is 1.10. The van der Waals surface area contributed by atoms with Crippen molar-refractivity contribution in [3.63, 3.8) is 0 Å². The smallest absolute Gasteiger partial charge is 0.236 e. The second kappa shape index (κ2) is 6.21. The van der Waals surface area contributed by atoms with Crippen molar-refractivity contribution in [2.45, 2.75) is 39.3 Å². The van der Waals surface area contributed by atoms with Crippen molar-refractivity contribution in [3.05, 3.63) is 0 Å². The molecule has 1 saturated heterocycles. The van der Waals surface area contributed by atoms with Crippen molar-refractivity contribution < 1.29 is 4.79 Å². The number of nitrogens with one attached hydrogen (secondary N) is 1. The lowest BCUT2D eigenvalue weighted by molar-refractivity contribution is -0.129. The van der Waals surface area contributed by atoms with Crippen molar-refractivity contribution in [2.75, 3.05) is 33.2 Å². The summed E-state index contributed by atoms with van der Waals surface area (Å²) in [5, 5.41) is 3.36. The van der Waals surface area contributed by atoms with E-state index in [1.165, 1.54) is 0 Å². The van der Waals surface area contributed by atoms with Crippen LogP contribution in [0.5, 0.6) is 0 Å². The monoisotopic (exact) mass is 227 g/mol. The van der Waals surface area contributed by atoms with Crippen molar-refractivity contribution in [2.24, 2.45) is 0 Å². The molecule has 0 spiro atoms. The van der Waals surface area contributed by atoms with Gasteiger partial charge in [0.1, 0.15) is 0 Å². The molecule has 2 atom stereocenters. The van der Waals surface area contributed by atoms with Crippen LogP contribution >= 0.6 is 0 Å². The van der Waals surface area contributed by atoms with Crippen molar-refractivity contribution in [1.29, 1.82) is 0 Å². The fourth-order valence-corrected chi connectivity index (χ4v) is 2.26. The Bertz CT molecular complexity index is 218. The van der Waals surface area contributed by atoms with Crippen molar-refractivity contribution in [3.8, 4) is 0 Å². The number of hydrogen-bond acceptors (Lipinski definition) is 3. The molecule has 0 aromatic heterocycles. The molecule has 16 heavy (non-hydrogen) atoms. The molecular formula is C12H25N3O. The highest BCUT2D eigenvalue weighted by molar-refractivity contribution is 5.78. The van der Waals surface area contributed by atoms with E-state index in [0.717, 1.165) is 26.1 Å². The molecule has 4 nitrogen and oxygen atoms in total. The maximum Gasteiger partial charge on any atom is 0.236 e. The van der Waals surface area contributed by atoms with E-state index in [-0.39, 0.29) is 5.91 Å². The van der Waals surface area contributed by atoms with Gasteiger partial charge in [0, 0.05) is 31.7 Å². The van der Waals surface area contributed by atoms with Gasteiger partial charge in [-0.25, -0.2) is 0 Å². The number of carbonyl (C=O) groups is 1. The average molecular weight is 227 g/mol. The van der Waals surface area contributed by atoms with Gasteiger partial charge in [-0.2, -0.15) is 0 Å². The molecule has 1 aliphatic rings. The molecule has 4 heteroatoms. The zero-order valence-corrected chi connectivity index (χ0v) is 11.0. The number of rotatable bonds is 5. The lowest BCUT2D eigenvalue weighted by Gasteiger charge is -2.20. The molecule has 1 rings (SSSR count). The van der Waals surface area contributed by atoms with Gasteiger partial charge in [0.05, 0.1) is 6.54 Å². The first-order valence-electron chi connectivity index (χ1n) is 6.29. The van der Waals surface area contributed by atoms with Crippen LogP contribution in [0.15, 0.2) is 0 Å². The molecule has 1 amide bonds. The minimum Gasteiger partial charge on any atom is -0.342 e. The molecule has 0 radical (unpaired) electrons. The van der Waals surface area contributed by atoms with Gasteiger partial charge in [-0.1, -0.05) is 0 Å². The number of likely N-dealkylation sites (N-methyl/N-ethyl adjacent to an activating group) is 2. The van der Waals surface area contributed by atoms with Gasteiger partial charge in [-0.15, -0.1) is 0 Å². The van der Waals surface area contributed by atoms with Crippen molar-refractivity contribution in [1.82, 2.24) is 15.1 Å². The van der Waals surface area contributed by atoms with Gasteiger partial charge in [-0.3, -0.25) is 4.79 Å². The lowest BCUT2D eigenvalue weighted by atomic mass is 10.2. The Morgan fingerprint density at radius 2 is 2.06 bits per heavy atom. The molecular weight excluding hydrogens is 202 g/mol. The maximum absolute atomic E-state index is 11.8. The van der Waals surface area contributed by atoms with Gasteiger partial charge in [0.15, 0.2) is 0 Å². The molecule has 1 N–H and O–H groups in total. The average Bonchev–Trinajstić information content (AvgIpc) is 2.57. The highest BCUT2D eigenvalue weighted by Crippen LogP contribution is 2.14. The Kier molecular flexibility index (Phi) is 5.22. The fourth-order valence-electron chi connectivity index (χ4n) is 2.26. The predicted octanol–water partition coefficient (Wildman–Crippen LogP) is 0.537. The summed E-state index contributed by atoms with van der Waals surface area (Å²) < 4.78 is 0. The van der Waals surface area contributed by atoms with Crippen LogP contribution in [0, 0.1) is 0 Å².